The van der Waals surface area contributed by atoms with Gasteiger partial charge in [0.15, 0.2) is 5.13 Å². The highest BCUT2D eigenvalue weighted by atomic mass is 32.1. The van der Waals surface area contributed by atoms with Gasteiger partial charge < -0.3 is 5.32 Å². The number of hydrogen-bond donors (Lipinski definition) is 2. The predicted octanol–water partition coefficient (Wildman–Crippen LogP) is 2.00. The van der Waals surface area contributed by atoms with Crippen molar-refractivity contribution in [1.29, 1.82) is 0 Å². The van der Waals surface area contributed by atoms with Crippen molar-refractivity contribution in [2.45, 2.75) is 13.1 Å². The van der Waals surface area contributed by atoms with E-state index >= 15 is 0 Å². The van der Waals surface area contributed by atoms with E-state index in [-0.39, 0.29) is 5.91 Å². The molecule has 0 saturated heterocycles. The van der Waals surface area contributed by atoms with Crippen molar-refractivity contribution in [3.63, 3.8) is 0 Å². The van der Waals surface area contributed by atoms with Crippen LogP contribution in [0.2, 0.25) is 0 Å². The van der Waals surface area contributed by atoms with Crippen LogP contribution < -0.4 is 10.6 Å². The molecular formula is C12H11N3OS. The fourth-order valence-electron chi connectivity index (χ4n) is 1.77. The van der Waals surface area contributed by atoms with Crippen LogP contribution in [-0.4, -0.2) is 10.9 Å². The van der Waals surface area contributed by atoms with Gasteiger partial charge in [0.1, 0.15) is 0 Å². The highest BCUT2D eigenvalue weighted by molar-refractivity contribution is 7.15. The average molecular weight is 245 g/mol. The molecule has 0 spiro atoms. The average Bonchev–Trinajstić information content (AvgIpc) is 2.90. The van der Waals surface area contributed by atoms with Gasteiger partial charge in [0.2, 0.25) is 0 Å². The Hall–Kier alpha value is -1.72. The Morgan fingerprint density at radius 3 is 2.88 bits per heavy atom. The van der Waals surface area contributed by atoms with Crippen LogP contribution in [0.1, 0.15) is 20.9 Å². The van der Waals surface area contributed by atoms with Gasteiger partial charge in [-0.15, -0.1) is 11.3 Å². The lowest BCUT2D eigenvalue weighted by Gasteiger charge is -2.01. The van der Waals surface area contributed by atoms with Crippen molar-refractivity contribution >= 4 is 22.4 Å². The summed E-state index contributed by atoms with van der Waals surface area (Å²) in [6.45, 7) is 1.65. The summed E-state index contributed by atoms with van der Waals surface area (Å²) in [5, 5.41) is 6.73. The van der Waals surface area contributed by atoms with Crippen LogP contribution in [0.3, 0.4) is 0 Å². The molecule has 2 heterocycles. The smallest absolute Gasteiger partial charge is 0.257 e. The number of nitrogens with one attached hydrogen (secondary N) is 2. The molecule has 0 aliphatic carbocycles. The van der Waals surface area contributed by atoms with E-state index in [4.69, 9.17) is 0 Å². The summed E-state index contributed by atoms with van der Waals surface area (Å²) in [4.78, 5) is 17.5. The van der Waals surface area contributed by atoms with Crippen molar-refractivity contribution < 1.29 is 4.79 Å². The highest BCUT2D eigenvalue weighted by Gasteiger charge is 2.17. The van der Waals surface area contributed by atoms with E-state index < -0.39 is 0 Å². The summed E-state index contributed by atoms with van der Waals surface area (Å²) in [7, 11) is 0. The first-order valence-electron chi connectivity index (χ1n) is 5.38. The largest absolute Gasteiger partial charge is 0.306 e. The molecule has 1 amide bonds. The molecule has 2 aromatic rings. The first-order valence-corrected chi connectivity index (χ1v) is 6.20. The Labute approximate surface area is 103 Å². The van der Waals surface area contributed by atoms with Crippen molar-refractivity contribution in [2.75, 3.05) is 5.32 Å². The summed E-state index contributed by atoms with van der Waals surface area (Å²) in [6, 6.07) is 9.16. The Bertz CT molecular complexity index is 529. The van der Waals surface area contributed by atoms with E-state index in [1.807, 2.05) is 18.2 Å². The van der Waals surface area contributed by atoms with Crippen molar-refractivity contribution in [3.8, 4) is 0 Å². The quantitative estimate of drug-likeness (QED) is 0.851. The number of thiazole rings is 1. The monoisotopic (exact) mass is 245 g/mol. The number of carbonyl (C=O) groups excluding carboxylic acids is 1. The normalized spacial score (nSPS) is 13.4. The third-order valence-electron chi connectivity index (χ3n) is 2.61. The first kappa shape index (κ1) is 10.4. The van der Waals surface area contributed by atoms with Crippen LogP contribution in [0.5, 0.6) is 0 Å². The molecule has 3 rings (SSSR count). The standard InChI is InChI=1S/C12H11N3OS/c16-11(8-4-2-1-3-5-8)15-12-14-9-6-13-7-10(9)17-12/h1-5,13H,6-7H2,(H,14,15,16). The van der Waals surface area contributed by atoms with Gasteiger partial charge in [-0.2, -0.15) is 0 Å². The molecule has 4 nitrogen and oxygen atoms in total. The number of aromatic nitrogens is 1. The van der Waals surface area contributed by atoms with Crippen molar-refractivity contribution in [3.05, 3.63) is 46.5 Å². The first-order chi connectivity index (χ1) is 8.33. The third-order valence-corrected chi connectivity index (χ3v) is 3.63. The summed E-state index contributed by atoms with van der Waals surface area (Å²) in [5.41, 5.74) is 1.71. The molecule has 0 saturated carbocycles. The molecule has 5 heteroatoms. The zero-order valence-corrected chi connectivity index (χ0v) is 9.88. The lowest BCUT2D eigenvalue weighted by atomic mass is 10.2. The van der Waals surface area contributed by atoms with E-state index in [0.717, 1.165) is 18.8 Å². The summed E-state index contributed by atoms with van der Waals surface area (Å²) >= 11 is 1.54. The highest BCUT2D eigenvalue weighted by Crippen LogP contribution is 2.26. The summed E-state index contributed by atoms with van der Waals surface area (Å²) in [5.74, 6) is -0.106. The van der Waals surface area contributed by atoms with Gasteiger partial charge in [-0.1, -0.05) is 18.2 Å². The Kier molecular flexibility index (Phi) is 2.62. The van der Waals surface area contributed by atoms with Gasteiger partial charge in [-0.05, 0) is 12.1 Å². The number of nitrogens with zero attached hydrogens (tertiary/aromatic N) is 1. The van der Waals surface area contributed by atoms with E-state index in [2.05, 4.69) is 15.6 Å². The molecule has 0 bridgehead atoms. The van der Waals surface area contributed by atoms with Crippen LogP contribution >= 0.6 is 11.3 Å². The minimum Gasteiger partial charge on any atom is -0.306 e. The van der Waals surface area contributed by atoms with Gasteiger partial charge in [0, 0.05) is 23.5 Å². The number of fused-ring (bicyclic) bond motifs is 1. The number of amides is 1. The second-order valence-corrected chi connectivity index (χ2v) is 4.90. The van der Waals surface area contributed by atoms with Gasteiger partial charge >= 0.3 is 0 Å². The lowest BCUT2D eigenvalue weighted by molar-refractivity contribution is 0.102. The maximum atomic E-state index is 11.9. The van der Waals surface area contributed by atoms with Crippen molar-refractivity contribution in [1.82, 2.24) is 10.3 Å². The SMILES string of the molecule is O=C(Nc1nc2c(s1)CNC2)c1ccccc1. The van der Waals surface area contributed by atoms with Crippen LogP contribution in [0.15, 0.2) is 30.3 Å². The molecule has 1 aliphatic heterocycles. The zero-order valence-electron chi connectivity index (χ0n) is 9.06. The number of rotatable bonds is 2. The molecule has 17 heavy (non-hydrogen) atoms. The molecule has 1 aromatic carbocycles. The Balaban J connectivity index is 1.77. The number of carbonyl (C=O) groups is 1. The minimum atomic E-state index is -0.106. The van der Waals surface area contributed by atoms with E-state index in [1.54, 1.807) is 12.1 Å². The van der Waals surface area contributed by atoms with Gasteiger partial charge in [-0.25, -0.2) is 4.98 Å². The fourth-order valence-corrected chi connectivity index (χ4v) is 2.71. The zero-order chi connectivity index (χ0) is 11.7. The van der Waals surface area contributed by atoms with Crippen LogP contribution in [0.4, 0.5) is 5.13 Å². The molecule has 0 unspecified atom stereocenters. The Morgan fingerprint density at radius 2 is 2.12 bits per heavy atom. The van der Waals surface area contributed by atoms with Crippen LogP contribution in [-0.2, 0) is 13.1 Å². The van der Waals surface area contributed by atoms with Crippen LogP contribution in [0, 0.1) is 0 Å². The van der Waals surface area contributed by atoms with E-state index in [9.17, 15) is 4.79 Å². The maximum absolute atomic E-state index is 11.9. The van der Waals surface area contributed by atoms with Gasteiger partial charge in [0.05, 0.1) is 5.69 Å². The van der Waals surface area contributed by atoms with Crippen molar-refractivity contribution in [2.24, 2.45) is 0 Å². The summed E-state index contributed by atoms with van der Waals surface area (Å²) in [6.07, 6.45) is 0. The second-order valence-electron chi connectivity index (χ2n) is 3.81. The molecule has 2 N–H and O–H groups in total. The molecule has 0 atom stereocenters. The third kappa shape index (κ3) is 2.07. The van der Waals surface area contributed by atoms with E-state index in [1.165, 1.54) is 16.2 Å². The lowest BCUT2D eigenvalue weighted by Crippen LogP contribution is -2.11. The van der Waals surface area contributed by atoms with Gasteiger partial charge in [0.25, 0.3) is 5.91 Å². The number of hydrogen-bond acceptors (Lipinski definition) is 4. The topological polar surface area (TPSA) is 54.0 Å². The second kappa shape index (κ2) is 4.27. The molecule has 1 aromatic heterocycles. The predicted molar refractivity (Wildman–Crippen MR) is 67.1 cm³/mol. The molecular weight excluding hydrogens is 234 g/mol. The molecule has 0 radical (unpaired) electrons. The molecule has 86 valence electrons. The minimum absolute atomic E-state index is 0.106. The van der Waals surface area contributed by atoms with Gasteiger partial charge in [-0.3, -0.25) is 10.1 Å². The molecule has 0 fully saturated rings. The maximum Gasteiger partial charge on any atom is 0.257 e. The Morgan fingerprint density at radius 1 is 1.29 bits per heavy atom. The molecule has 1 aliphatic rings. The van der Waals surface area contributed by atoms with E-state index in [0.29, 0.717) is 10.7 Å². The number of benzene rings is 1. The number of anilines is 1. The summed E-state index contributed by atoms with van der Waals surface area (Å²) < 4.78 is 0. The fraction of sp³-hybridized carbons (Fsp3) is 0.167. The van der Waals surface area contributed by atoms with Crippen LogP contribution in [0.25, 0.3) is 0 Å².